The topological polar surface area (TPSA) is 55.6 Å². The van der Waals surface area contributed by atoms with E-state index in [2.05, 4.69) is 4.90 Å². The lowest BCUT2D eigenvalue weighted by atomic mass is 9.78. The number of carbonyl (C=O) groups is 1. The molecule has 3 unspecified atom stereocenters. The summed E-state index contributed by atoms with van der Waals surface area (Å²) in [4.78, 5) is 13.9. The highest BCUT2D eigenvalue weighted by molar-refractivity contribution is 5.89. The van der Waals surface area contributed by atoms with Gasteiger partial charge in [0, 0.05) is 25.7 Å². The summed E-state index contributed by atoms with van der Waals surface area (Å²) in [6, 6.07) is 8.12. The first-order valence-corrected chi connectivity index (χ1v) is 7.82. The third-order valence-electron chi connectivity index (χ3n) is 5.01. The zero-order chi connectivity index (χ0) is 14.8. The molecule has 4 nitrogen and oxygen atoms in total. The molecule has 0 spiro atoms. The van der Waals surface area contributed by atoms with Gasteiger partial charge in [-0.2, -0.15) is 0 Å². The highest BCUT2D eigenvalue weighted by Crippen LogP contribution is 2.36. The Kier molecular flexibility index (Phi) is 4.27. The molecular formula is C17H24N2O2. The molecule has 114 valence electrons. The molecule has 0 aromatic heterocycles. The summed E-state index contributed by atoms with van der Waals surface area (Å²) >= 11 is 0. The minimum absolute atomic E-state index is 0.278. The van der Waals surface area contributed by atoms with E-state index in [1.165, 1.54) is 31.9 Å². The summed E-state index contributed by atoms with van der Waals surface area (Å²) < 4.78 is 4.72. The lowest BCUT2D eigenvalue weighted by Crippen LogP contribution is -2.38. The highest BCUT2D eigenvalue weighted by atomic mass is 16.5. The Bertz CT molecular complexity index is 500. The standard InChI is InChI=1S/C17H24N2O2/c1-21-17(20)13-7-5-12(6-8-13)9-19-10-14-3-2-4-16(18)15(14)11-19/h5-8,14-16H,2-4,9-11,18H2,1H3. The van der Waals surface area contributed by atoms with E-state index in [1.54, 1.807) is 0 Å². The van der Waals surface area contributed by atoms with E-state index < -0.39 is 0 Å². The van der Waals surface area contributed by atoms with Crippen LogP contribution < -0.4 is 5.73 Å². The van der Waals surface area contributed by atoms with Gasteiger partial charge in [0.05, 0.1) is 12.7 Å². The van der Waals surface area contributed by atoms with Crippen LogP contribution in [0, 0.1) is 11.8 Å². The number of likely N-dealkylation sites (tertiary alicyclic amines) is 1. The second-order valence-corrected chi connectivity index (χ2v) is 6.40. The third-order valence-corrected chi connectivity index (χ3v) is 5.01. The van der Waals surface area contributed by atoms with E-state index in [1.807, 2.05) is 24.3 Å². The van der Waals surface area contributed by atoms with Crippen LogP contribution in [0.3, 0.4) is 0 Å². The largest absolute Gasteiger partial charge is 0.465 e. The smallest absolute Gasteiger partial charge is 0.337 e. The maximum absolute atomic E-state index is 11.4. The fourth-order valence-corrected chi connectivity index (χ4v) is 3.86. The van der Waals surface area contributed by atoms with E-state index in [0.717, 1.165) is 25.6 Å². The van der Waals surface area contributed by atoms with E-state index in [0.29, 0.717) is 17.5 Å². The first kappa shape index (κ1) is 14.5. The molecule has 2 aliphatic rings. The van der Waals surface area contributed by atoms with Gasteiger partial charge in [0.15, 0.2) is 0 Å². The van der Waals surface area contributed by atoms with Gasteiger partial charge in [-0.25, -0.2) is 4.79 Å². The number of rotatable bonds is 3. The van der Waals surface area contributed by atoms with Crippen LogP contribution in [0.15, 0.2) is 24.3 Å². The molecule has 0 bridgehead atoms. The molecular weight excluding hydrogens is 264 g/mol. The van der Waals surface area contributed by atoms with Crippen LogP contribution in [0.5, 0.6) is 0 Å². The van der Waals surface area contributed by atoms with E-state index >= 15 is 0 Å². The summed E-state index contributed by atoms with van der Waals surface area (Å²) in [7, 11) is 1.41. The van der Waals surface area contributed by atoms with Crippen LogP contribution in [-0.2, 0) is 11.3 Å². The molecule has 21 heavy (non-hydrogen) atoms. The number of methoxy groups -OCH3 is 1. The van der Waals surface area contributed by atoms with Crippen molar-refractivity contribution >= 4 is 5.97 Å². The van der Waals surface area contributed by atoms with Crippen LogP contribution in [0.25, 0.3) is 0 Å². The number of benzene rings is 1. The average molecular weight is 288 g/mol. The van der Waals surface area contributed by atoms with Gasteiger partial charge in [-0.05, 0) is 42.4 Å². The van der Waals surface area contributed by atoms with E-state index in [4.69, 9.17) is 10.5 Å². The molecule has 0 amide bonds. The van der Waals surface area contributed by atoms with Gasteiger partial charge in [0.25, 0.3) is 0 Å². The second-order valence-electron chi connectivity index (χ2n) is 6.40. The molecule has 1 aliphatic heterocycles. The number of carbonyl (C=O) groups excluding carboxylic acids is 1. The molecule has 3 rings (SSSR count). The average Bonchev–Trinajstić information content (AvgIpc) is 2.91. The Morgan fingerprint density at radius 1 is 1.29 bits per heavy atom. The lowest BCUT2D eigenvalue weighted by molar-refractivity contribution is 0.0600. The Hall–Kier alpha value is -1.39. The van der Waals surface area contributed by atoms with Crippen LogP contribution in [0.2, 0.25) is 0 Å². The molecule has 1 heterocycles. The number of hydrogen-bond donors (Lipinski definition) is 1. The summed E-state index contributed by atoms with van der Waals surface area (Å²) in [5, 5.41) is 0. The van der Waals surface area contributed by atoms with Crippen LogP contribution >= 0.6 is 0 Å². The fourth-order valence-electron chi connectivity index (χ4n) is 3.86. The molecule has 2 N–H and O–H groups in total. The first-order valence-electron chi connectivity index (χ1n) is 7.82. The number of ether oxygens (including phenoxy) is 1. The van der Waals surface area contributed by atoms with Gasteiger partial charge in [-0.15, -0.1) is 0 Å². The van der Waals surface area contributed by atoms with E-state index in [-0.39, 0.29) is 5.97 Å². The SMILES string of the molecule is COC(=O)c1ccc(CN2CC3CCCC(N)C3C2)cc1. The zero-order valence-electron chi connectivity index (χ0n) is 12.6. The molecule has 1 aliphatic carbocycles. The Labute approximate surface area is 126 Å². The van der Waals surface area contributed by atoms with Gasteiger partial charge in [0.2, 0.25) is 0 Å². The summed E-state index contributed by atoms with van der Waals surface area (Å²) in [5.74, 6) is 1.18. The van der Waals surface area contributed by atoms with Crippen molar-refractivity contribution in [1.82, 2.24) is 4.90 Å². The normalized spacial score (nSPS) is 29.1. The summed E-state index contributed by atoms with van der Waals surface area (Å²) in [5.41, 5.74) is 8.12. The van der Waals surface area contributed by atoms with Crippen molar-refractivity contribution in [3.8, 4) is 0 Å². The number of nitrogens with two attached hydrogens (primary N) is 1. The van der Waals surface area contributed by atoms with Crippen LogP contribution in [0.1, 0.15) is 35.2 Å². The highest BCUT2D eigenvalue weighted by Gasteiger charge is 2.38. The minimum Gasteiger partial charge on any atom is -0.465 e. The van der Waals surface area contributed by atoms with Crippen molar-refractivity contribution in [1.29, 1.82) is 0 Å². The molecule has 3 atom stereocenters. The predicted molar refractivity (Wildman–Crippen MR) is 81.9 cm³/mol. The Balaban J connectivity index is 1.61. The third kappa shape index (κ3) is 3.11. The van der Waals surface area contributed by atoms with Crippen molar-refractivity contribution in [3.63, 3.8) is 0 Å². The van der Waals surface area contributed by atoms with Gasteiger partial charge in [-0.3, -0.25) is 4.90 Å². The second kappa shape index (κ2) is 6.16. The molecule has 1 saturated carbocycles. The van der Waals surface area contributed by atoms with Crippen molar-refractivity contribution in [2.24, 2.45) is 17.6 Å². The van der Waals surface area contributed by atoms with Crippen molar-refractivity contribution in [2.45, 2.75) is 31.8 Å². The zero-order valence-corrected chi connectivity index (χ0v) is 12.6. The van der Waals surface area contributed by atoms with Crippen molar-refractivity contribution in [3.05, 3.63) is 35.4 Å². The number of hydrogen-bond acceptors (Lipinski definition) is 4. The van der Waals surface area contributed by atoms with Gasteiger partial charge in [-0.1, -0.05) is 18.6 Å². The predicted octanol–water partition coefficient (Wildman–Crippen LogP) is 2.03. The monoisotopic (exact) mass is 288 g/mol. The lowest BCUT2D eigenvalue weighted by Gasteiger charge is -2.29. The maximum Gasteiger partial charge on any atom is 0.337 e. The van der Waals surface area contributed by atoms with Gasteiger partial charge < -0.3 is 10.5 Å². The summed E-state index contributed by atoms with van der Waals surface area (Å²) in [6.45, 7) is 3.23. The van der Waals surface area contributed by atoms with Crippen LogP contribution in [-0.4, -0.2) is 37.1 Å². The molecule has 0 radical (unpaired) electrons. The van der Waals surface area contributed by atoms with Gasteiger partial charge >= 0.3 is 5.97 Å². The molecule has 2 fully saturated rings. The summed E-state index contributed by atoms with van der Waals surface area (Å²) in [6.07, 6.45) is 3.79. The number of fused-ring (bicyclic) bond motifs is 1. The van der Waals surface area contributed by atoms with E-state index in [9.17, 15) is 4.79 Å². The molecule has 1 saturated heterocycles. The minimum atomic E-state index is -0.278. The van der Waals surface area contributed by atoms with Gasteiger partial charge in [0.1, 0.15) is 0 Å². The molecule has 1 aromatic carbocycles. The number of esters is 1. The van der Waals surface area contributed by atoms with Crippen LogP contribution in [0.4, 0.5) is 0 Å². The van der Waals surface area contributed by atoms with Crippen molar-refractivity contribution < 1.29 is 9.53 Å². The molecule has 4 heteroatoms. The maximum atomic E-state index is 11.4. The van der Waals surface area contributed by atoms with Crippen molar-refractivity contribution in [2.75, 3.05) is 20.2 Å². The molecule has 1 aromatic rings. The first-order chi connectivity index (χ1) is 10.2. The fraction of sp³-hybridized carbons (Fsp3) is 0.588. The number of nitrogens with zero attached hydrogens (tertiary/aromatic N) is 1. The Morgan fingerprint density at radius 3 is 2.71 bits per heavy atom. The quantitative estimate of drug-likeness (QED) is 0.865. The Morgan fingerprint density at radius 2 is 2.05 bits per heavy atom.